The van der Waals surface area contributed by atoms with Gasteiger partial charge in [-0.25, -0.2) is 0 Å². The zero-order valence-electron chi connectivity index (χ0n) is 9.04. The highest BCUT2D eigenvalue weighted by molar-refractivity contribution is 5.27. The van der Waals surface area contributed by atoms with E-state index in [1.165, 1.54) is 0 Å². The van der Waals surface area contributed by atoms with Crippen molar-refractivity contribution in [2.24, 2.45) is 5.11 Å². The average molecular weight is 261 g/mol. The van der Waals surface area contributed by atoms with Gasteiger partial charge in [0.05, 0.1) is 24.3 Å². The van der Waals surface area contributed by atoms with Gasteiger partial charge >= 0.3 is 6.18 Å². The maximum Gasteiger partial charge on any atom is 0.416 e. The van der Waals surface area contributed by atoms with Crippen LogP contribution in [-0.2, 0) is 6.18 Å². The van der Waals surface area contributed by atoms with Crippen molar-refractivity contribution in [2.45, 2.75) is 18.3 Å². The van der Waals surface area contributed by atoms with E-state index in [0.29, 0.717) is 0 Å². The Bertz CT molecular complexity index is 441. The molecule has 0 aliphatic carbocycles. The van der Waals surface area contributed by atoms with Gasteiger partial charge in [0.2, 0.25) is 0 Å². The molecule has 0 heterocycles. The molecule has 0 spiro atoms. The van der Waals surface area contributed by atoms with E-state index >= 15 is 0 Å². The lowest BCUT2D eigenvalue weighted by Crippen LogP contribution is -2.20. The van der Waals surface area contributed by atoms with E-state index in [2.05, 4.69) is 10.0 Å². The summed E-state index contributed by atoms with van der Waals surface area (Å²) in [6.45, 7) is -0.662. The first-order valence-corrected chi connectivity index (χ1v) is 4.90. The number of hydrogen-bond donors (Lipinski definition) is 2. The van der Waals surface area contributed by atoms with Gasteiger partial charge in [0.15, 0.2) is 0 Å². The molecule has 0 fully saturated rings. The van der Waals surface area contributed by atoms with Crippen LogP contribution in [0.3, 0.4) is 0 Å². The number of hydrogen-bond acceptors (Lipinski definition) is 3. The first-order valence-electron chi connectivity index (χ1n) is 4.90. The Kier molecular flexibility index (Phi) is 4.55. The van der Waals surface area contributed by atoms with Gasteiger partial charge in [-0.3, -0.25) is 0 Å². The van der Waals surface area contributed by atoms with Crippen molar-refractivity contribution < 1.29 is 23.4 Å². The normalized spacial score (nSPS) is 14.7. The Balaban J connectivity index is 3.05. The van der Waals surface area contributed by atoms with Gasteiger partial charge in [-0.2, -0.15) is 13.2 Å². The average Bonchev–Trinajstić information content (AvgIpc) is 2.34. The summed E-state index contributed by atoms with van der Waals surface area (Å²) < 4.78 is 37.0. The highest BCUT2D eigenvalue weighted by Gasteiger charge is 2.30. The molecule has 98 valence electrons. The standard InChI is InChI=1S/C10H10F3N3O2/c11-10(12,13)7-3-1-6(2-4-7)9(15-16-14)8(18)5-17/h1-4,8-9,17-18H,5H2/t8-,9?/m0/s1. The molecule has 0 amide bonds. The zero-order chi connectivity index (χ0) is 13.8. The largest absolute Gasteiger partial charge is 0.416 e. The predicted octanol–water partition coefficient (Wildman–Crippen LogP) is 2.41. The molecule has 0 aliphatic heterocycles. The van der Waals surface area contributed by atoms with E-state index in [9.17, 15) is 18.3 Å². The number of benzene rings is 1. The minimum Gasteiger partial charge on any atom is -0.394 e. The van der Waals surface area contributed by atoms with Crippen molar-refractivity contribution in [1.29, 1.82) is 0 Å². The molecule has 0 saturated heterocycles. The molecule has 5 nitrogen and oxygen atoms in total. The van der Waals surface area contributed by atoms with Crippen LogP contribution in [-0.4, -0.2) is 22.9 Å². The molecule has 0 radical (unpaired) electrons. The number of aliphatic hydroxyl groups excluding tert-OH is 2. The SMILES string of the molecule is [N-]=[N+]=NC(c1ccc(C(F)(F)F)cc1)[C@@H](O)CO. The topological polar surface area (TPSA) is 89.2 Å². The third-order valence-electron chi connectivity index (χ3n) is 2.31. The van der Waals surface area contributed by atoms with Crippen molar-refractivity contribution in [3.63, 3.8) is 0 Å². The third kappa shape index (κ3) is 3.36. The minimum atomic E-state index is -4.46. The molecule has 8 heteroatoms. The third-order valence-corrected chi connectivity index (χ3v) is 2.31. The number of aliphatic hydroxyl groups is 2. The van der Waals surface area contributed by atoms with Crippen LogP contribution in [0.15, 0.2) is 29.4 Å². The van der Waals surface area contributed by atoms with E-state index in [4.69, 9.17) is 10.6 Å². The molecule has 2 atom stereocenters. The summed E-state index contributed by atoms with van der Waals surface area (Å²) >= 11 is 0. The van der Waals surface area contributed by atoms with Crippen LogP contribution < -0.4 is 0 Å². The Morgan fingerprint density at radius 3 is 2.22 bits per heavy atom. The van der Waals surface area contributed by atoms with Gasteiger partial charge in [-0.1, -0.05) is 17.2 Å². The summed E-state index contributed by atoms with van der Waals surface area (Å²) in [5.41, 5.74) is 7.67. The molecular weight excluding hydrogens is 251 g/mol. The molecule has 0 aliphatic rings. The lowest BCUT2D eigenvalue weighted by Gasteiger charge is -2.17. The molecule has 1 rings (SSSR count). The van der Waals surface area contributed by atoms with E-state index in [0.717, 1.165) is 24.3 Å². The highest BCUT2D eigenvalue weighted by Crippen LogP contribution is 2.31. The summed E-state index contributed by atoms with van der Waals surface area (Å²) in [6.07, 6.45) is -5.82. The summed E-state index contributed by atoms with van der Waals surface area (Å²) in [5, 5.41) is 21.4. The van der Waals surface area contributed by atoms with Crippen molar-refractivity contribution in [3.8, 4) is 0 Å². The van der Waals surface area contributed by atoms with E-state index < -0.39 is 30.5 Å². The van der Waals surface area contributed by atoms with E-state index in [-0.39, 0.29) is 5.56 Å². The number of alkyl halides is 3. The molecule has 0 aromatic heterocycles. The minimum absolute atomic E-state index is 0.197. The lowest BCUT2D eigenvalue weighted by molar-refractivity contribution is -0.137. The highest BCUT2D eigenvalue weighted by atomic mass is 19.4. The maximum atomic E-state index is 12.3. The van der Waals surface area contributed by atoms with Crippen LogP contribution in [0, 0.1) is 0 Å². The van der Waals surface area contributed by atoms with Gasteiger partial charge in [-0.15, -0.1) is 0 Å². The van der Waals surface area contributed by atoms with Crippen LogP contribution in [0.1, 0.15) is 17.2 Å². The van der Waals surface area contributed by atoms with Crippen molar-refractivity contribution >= 4 is 0 Å². The fourth-order valence-corrected chi connectivity index (χ4v) is 1.39. The Labute approximate surface area is 100 Å². The summed E-state index contributed by atoms with van der Waals surface area (Å²) in [5.74, 6) is 0. The maximum absolute atomic E-state index is 12.3. The van der Waals surface area contributed by atoms with Crippen LogP contribution in [0.5, 0.6) is 0 Å². The molecular formula is C10H10F3N3O2. The van der Waals surface area contributed by atoms with Crippen LogP contribution >= 0.6 is 0 Å². The molecule has 0 bridgehead atoms. The fourth-order valence-electron chi connectivity index (χ4n) is 1.39. The smallest absolute Gasteiger partial charge is 0.394 e. The summed E-state index contributed by atoms with van der Waals surface area (Å²) in [4.78, 5) is 2.48. The van der Waals surface area contributed by atoms with Crippen LogP contribution in [0.2, 0.25) is 0 Å². The van der Waals surface area contributed by atoms with Gasteiger partial charge in [-0.05, 0) is 23.2 Å². The van der Waals surface area contributed by atoms with Gasteiger partial charge < -0.3 is 10.2 Å². The number of azide groups is 1. The van der Waals surface area contributed by atoms with Crippen molar-refractivity contribution in [3.05, 3.63) is 45.8 Å². The number of rotatable bonds is 4. The molecule has 1 aromatic carbocycles. The summed E-state index contributed by atoms with van der Waals surface area (Å²) in [7, 11) is 0. The quantitative estimate of drug-likeness (QED) is 0.495. The second kappa shape index (κ2) is 5.72. The van der Waals surface area contributed by atoms with E-state index in [1.54, 1.807) is 0 Å². The van der Waals surface area contributed by atoms with Gasteiger partial charge in [0, 0.05) is 4.91 Å². The van der Waals surface area contributed by atoms with Crippen molar-refractivity contribution in [1.82, 2.24) is 0 Å². The first-order chi connectivity index (χ1) is 8.40. The summed E-state index contributed by atoms with van der Waals surface area (Å²) in [6, 6.07) is 2.71. The van der Waals surface area contributed by atoms with Gasteiger partial charge in [0.1, 0.15) is 0 Å². The van der Waals surface area contributed by atoms with Gasteiger partial charge in [0.25, 0.3) is 0 Å². The number of halogens is 3. The second-order valence-electron chi connectivity index (χ2n) is 3.52. The molecule has 1 aromatic rings. The molecule has 0 saturated carbocycles. The predicted molar refractivity (Wildman–Crippen MR) is 56.4 cm³/mol. The second-order valence-corrected chi connectivity index (χ2v) is 3.52. The van der Waals surface area contributed by atoms with E-state index in [1.807, 2.05) is 0 Å². The lowest BCUT2D eigenvalue weighted by atomic mass is 10.0. The van der Waals surface area contributed by atoms with Crippen molar-refractivity contribution in [2.75, 3.05) is 6.61 Å². The monoisotopic (exact) mass is 261 g/mol. The zero-order valence-corrected chi connectivity index (χ0v) is 9.04. The fraction of sp³-hybridized carbons (Fsp3) is 0.400. The Hall–Kier alpha value is -1.76. The van der Waals surface area contributed by atoms with Crippen LogP contribution in [0.25, 0.3) is 10.4 Å². The molecule has 1 unspecified atom stereocenters. The Morgan fingerprint density at radius 2 is 1.83 bits per heavy atom. The Morgan fingerprint density at radius 1 is 1.28 bits per heavy atom. The molecule has 18 heavy (non-hydrogen) atoms. The van der Waals surface area contributed by atoms with Crippen LogP contribution in [0.4, 0.5) is 13.2 Å². The first kappa shape index (κ1) is 14.3. The molecule has 2 N–H and O–H groups in total. The number of nitrogens with zero attached hydrogens (tertiary/aromatic N) is 3.